The topological polar surface area (TPSA) is 56.3 Å². The van der Waals surface area contributed by atoms with Crippen LogP contribution < -0.4 is 14.8 Å². The van der Waals surface area contributed by atoms with E-state index in [0.29, 0.717) is 17.9 Å². The second kappa shape index (κ2) is 5.77. The van der Waals surface area contributed by atoms with E-state index in [2.05, 4.69) is 40.7 Å². The lowest BCUT2D eigenvalue weighted by Crippen LogP contribution is -2.26. The summed E-state index contributed by atoms with van der Waals surface area (Å²) < 4.78 is 36.0. The lowest BCUT2D eigenvalue weighted by Gasteiger charge is -2.13. The minimum absolute atomic E-state index is 0.0387. The summed E-state index contributed by atoms with van der Waals surface area (Å²) in [7, 11) is 0. The van der Waals surface area contributed by atoms with Gasteiger partial charge < -0.3 is 14.8 Å². The lowest BCUT2D eigenvalue weighted by molar-refractivity contribution is -0.286. The maximum atomic E-state index is 13.1. The fraction of sp³-hybridized carbons (Fsp3) is 0.286. The van der Waals surface area contributed by atoms with E-state index in [1.165, 1.54) is 6.07 Å². The quantitative estimate of drug-likeness (QED) is 0.892. The van der Waals surface area contributed by atoms with E-state index < -0.39 is 6.29 Å². The lowest BCUT2D eigenvalue weighted by atomic mass is 10.1. The van der Waals surface area contributed by atoms with Crippen LogP contribution in [0.2, 0.25) is 0 Å². The van der Waals surface area contributed by atoms with E-state index in [4.69, 9.17) is 0 Å². The van der Waals surface area contributed by atoms with Crippen molar-refractivity contribution in [1.82, 2.24) is 15.3 Å². The van der Waals surface area contributed by atoms with Crippen LogP contribution in [-0.4, -0.2) is 16.3 Å². The van der Waals surface area contributed by atoms with Crippen molar-refractivity contribution in [3.63, 3.8) is 0 Å². The number of halogens is 3. The molecule has 2 heterocycles. The highest BCUT2D eigenvalue weighted by Crippen LogP contribution is 2.43. The smallest absolute Gasteiger partial charge is 0.395 e. The molecule has 0 radical (unpaired) electrons. The van der Waals surface area contributed by atoms with Gasteiger partial charge in [0.2, 0.25) is 0 Å². The zero-order chi connectivity index (χ0) is 15.7. The molecule has 0 spiro atoms. The fourth-order valence-electron chi connectivity index (χ4n) is 2.06. The summed E-state index contributed by atoms with van der Waals surface area (Å²) in [6.07, 6.45) is -0.310. The molecule has 1 unspecified atom stereocenters. The van der Waals surface area contributed by atoms with Gasteiger partial charge in [0, 0.05) is 24.5 Å². The Labute approximate surface area is 133 Å². The molecule has 0 fully saturated rings. The monoisotopic (exact) mass is 371 g/mol. The third kappa shape index (κ3) is 3.17. The van der Waals surface area contributed by atoms with Crippen LogP contribution in [0.1, 0.15) is 24.4 Å². The molecule has 1 N–H and O–H groups in total. The van der Waals surface area contributed by atoms with Gasteiger partial charge in [0.05, 0.1) is 10.5 Å². The first-order valence-corrected chi connectivity index (χ1v) is 7.32. The van der Waals surface area contributed by atoms with Gasteiger partial charge in [0.1, 0.15) is 5.82 Å². The van der Waals surface area contributed by atoms with E-state index in [0.717, 1.165) is 4.47 Å². The molecule has 22 heavy (non-hydrogen) atoms. The predicted molar refractivity (Wildman–Crippen MR) is 77.6 cm³/mol. The maximum Gasteiger partial charge on any atom is 0.586 e. The minimum Gasteiger partial charge on any atom is -0.395 e. The Balaban J connectivity index is 1.70. The molecule has 0 aliphatic carbocycles. The maximum absolute atomic E-state index is 13.1. The van der Waals surface area contributed by atoms with E-state index in [1.54, 1.807) is 24.5 Å². The second-order valence-electron chi connectivity index (χ2n) is 4.77. The summed E-state index contributed by atoms with van der Waals surface area (Å²) in [6, 6.07) is 4.64. The highest BCUT2D eigenvalue weighted by Gasteiger charge is 2.44. The summed E-state index contributed by atoms with van der Waals surface area (Å²) in [5.74, 6) is 0.707. The van der Waals surface area contributed by atoms with Crippen LogP contribution in [-0.2, 0) is 6.54 Å². The Kier molecular flexibility index (Phi) is 3.96. The van der Waals surface area contributed by atoms with Crippen LogP contribution in [0.3, 0.4) is 0 Å². The number of para-hydroxylation sites is 1. The average molecular weight is 372 g/mol. The summed E-state index contributed by atoms with van der Waals surface area (Å²) in [6.45, 7) is 2.21. The molecule has 3 rings (SSSR count). The highest BCUT2D eigenvalue weighted by atomic mass is 79.9. The van der Waals surface area contributed by atoms with E-state index >= 15 is 0 Å². The average Bonchev–Trinajstić information content (AvgIpc) is 2.80. The van der Waals surface area contributed by atoms with Crippen molar-refractivity contribution in [2.24, 2.45) is 0 Å². The third-order valence-electron chi connectivity index (χ3n) is 3.14. The second-order valence-corrected chi connectivity index (χ2v) is 5.69. The molecule has 116 valence electrons. The number of fused-ring (bicyclic) bond motifs is 1. The van der Waals surface area contributed by atoms with Gasteiger partial charge in [-0.25, -0.2) is 9.97 Å². The molecule has 5 nitrogen and oxygen atoms in total. The first-order chi connectivity index (χ1) is 10.4. The van der Waals surface area contributed by atoms with Crippen LogP contribution in [0.15, 0.2) is 35.1 Å². The number of hydrogen-bond acceptors (Lipinski definition) is 5. The Morgan fingerprint density at radius 2 is 2.00 bits per heavy atom. The van der Waals surface area contributed by atoms with Gasteiger partial charge in [0.25, 0.3) is 0 Å². The molecule has 2 aromatic rings. The number of alkyl halides is 2. The van der Waals surface area contributed by atoms with Gasteiger partial charge in [-0.15, -0.1) is 8.78 Å². The van der Waals surface area contributed by atoms with Crippen molar-refractivity contribution in [2.75, 3.05) is 0 Å². The molecule has 1 atom stereocenters. The van der Waals surface area contributed by atoms with Crippen molar-refractivity contribution in [2.45, 2.75) is 25.8 Å². The molecule has 1 aromatic carbocycles. The van der Waals surface area contributed by atoms with Crippen LogP contribution in [0.5, 0.6) is 11.5 Å². The molecule has 0 saturated heterocycles. The van der Waals surface area contributed by atoms with E-state index in [-0.39, 0.29) is 17.5 Å². The standard InChI is InChI=1S/C14H12BrF2N3O2/c1-8(13-19-6-10(15)7-20-13)18-5-9-3-2-4-11-12(9)22-14(16,17)21-11/h2-4,6-8,18H,5H2,1H3. The largest absolute Gasteiger partial charge is 0.586 e. The third-order valence-corrected chi connectivity index (χ3v) is 3.55. The number of nitrogens with one attached hydrogen (secondary N) is 1. The molecule has 1 aliphatic rings. The fourth-order valence-corrected chi connectivity index (χ4v) is 2.27. The highest BCUT2D eigenvalue weighted by molar-refractivity contribution is 9.10. The molecule has 0 amide bonds. The summed E-state index contributed by atoms with van der Waals surface area (Å²) in [5, 5.41) is 3.17. The van der Waals surface area contributed by atoms with E-state index in [9.17, 15) is 8.78 Å². The number of nitrogens with zero attached hydrogens (tertiary/aromatic N) is 2. The van der Waals surface area contributed by atoms with Gasteiger partial charge in [-0.3, -0.25) is 0 Å². The Hall–Kier alpha value is -1.80. The molecular formula is C14H12BrF2N3O2. The molecule has 0 saturated carbocycles. The number of benzene rings is 1. The van der Waals surface area contributed by atoms with Crippen LogP contribution in [0.4, 0.5) is 8.78 Å². The van der Waals surface area contributed by atoms with Crippen molar-refractivity contribution in [1.29, 1.82) is 0 Å². The van der Waals surface area contributed by atoms with Crippen LogP contribution in [0.25, 0.3) is 0 Å². The minimum atomic E-state index is -3.61. The van der Waals surface area contributed by atoms with Gasteiger partial charge in [0.15, 0.2) is 11.5 Å². The SMILES string of the molecule is CC(NCc1cccc2c1OC(F)(F)O2)c1ncc(Br)cn1. The first kappa shape index (κ1) is 15.1. The summed E-state index contributed by atoms with van der Waals surface area (Å²) >= 11 is 3.27. The van der Waals surface area contributed by atoms with Crippen molar-refractivity contribution < 1.29 is 18.3 Å². The predicted octanol–water partition coefficient (Wildman–Crippen LogP) is 3.41. The van der Waals surface area contributed by atoms with Gasteiger partial charge >= 0.3 is 6.29 Å². The van der Waals surface area contributed by atoms with Crippen molar-refractivity contribution in [3.05, 3.63) is 46.5 Å². The van der Waals surface area contributed by atoms with Gasteiger partial charge in [-0.05, 0) is 28.9 Å². The van der Waals surface area contributed by atoms with Gasteiger partial charge in [-0.1, -0.05) is 12.1 Å². The zero-order valence-electron chi connectivity index (χ0n) is 11.5. The molecule has 1 aromatic heterocycles. The zero-order valence-corrected chi connectivity index (χ0v) is 13.1. The Morgan fingerprint density at radius 1 is 1.27 bits per heavy atom. The first-order valence-electron chi connectivity index (χ1n) is 6.53. The number of rotatable bonds is 4. The normalized spacial score (nSPS) is 16.5. The number of aromatic nitrogens is 2. The van der Waals surface area contributed by atoms with E-state index in [1.807, 2.05) is 6.92 Å². The number of hydrogen-bond donors (Lipinski definition) is 1. The molecule has 8 heteroatoms. The van der Waals surface area contributed by atoms with Crippen LogP contribution in [0, 0.1) is 0 Å². The summed E-state index contributed by atoms with van der Waals surface area (Å²) in [4.78, 5) is 8.38. The van der Waals surface area contributed by atoms with Gasteiger partial charge in [-0.2, -0.15) is 0 Å². The Morgan fingerprint density at radius 3 is 2.73 bits per heavy atom. The Bertz CT molecular complexity index is 682. The summed E-state index contributed by atoms with van der Waals surface area (Å²) in [5.41, 5.74) is 0.582. The van der Waals surface area contributed by atoms with Crippen molar-refractivity contribution >= 4 is 15.9 Å². The van der Waals surface area contributed by atoms with Crippen LogP contribution >= 0.6 is 15.9 Å². The van der Waals surface area contributed by atoms with Crippen molar-refractivity contribution in [3.8, 4) is 11.5 Å². The molecule has 0 bridgehead atoms. The molecular weight excluding hydrogens is 360 g/mol. The number of ether oxygens (including phenoxy) is 2. The molecule has 1 aliphatic heterocycles.